The van der Waals surface area contributed by atoms with Crippen LogP contribution in [0.2, 0.25) is 5.02 Å². The number of aromatic nitrogens is 4. The van der Waals surface area contributed by atoms with Crippen LogP contribution >= 0.6 is 11.6 Å². The van der Waals surface area contributed by atoms with Gasteiger partial charge in [-0.2, -0.15) is 4.98 Å². The first-order valence-corrected chi connectivity index (χ1v) is 9.25. The summed E-state index contributed by atoms with van der Waals surface area (Å²) in [5.41, 5.74) is 3.03. The van der Waals surface area contributed by atoms with Crippen molar-refractivity contribution in [2.75, 3.05) is 0 Å². The molecule has 0 spiro atoms. The molecule has 0 N–H and O–H groups in total. The first kappa shape index (κ1) is 17.0. The van der Waals surface area contributed by atoms with E-state index >= 15 is 0 Å². The summed E-state index contributed by atoms with van der Waals surface area (Å²) < 4.78 is 14.7. The van der Waals surface area contributed by atoms with Crippen LogP contribution in [0, 0.1) is 5.82 Å². The van der Waals surface area contributed by atoms with E-state index < -0.39 is 0 Å². The van der Waals surface area contributed by atoms with Crippen LogP contribution in [0.1, 0.15) is 34.0 Å². The topological polar surface area (TPSA) is 60.2 Å². The van der Waals surface area contributed by atoms with Crippen LogP contribution in [0.15, 0.2) is 54.7 Å². The number of hydrogen-bond acceptors (Lipinski definition) is 4. The predicted octanol–water partition coefficient (Wildman–Crippen LogP) is 4.50. The highest BCUT2D eigenvalue weighted by Crippen LogP contribution is 2.32. The van der Waals surface area contributed by atoms with Crippen LogP contribution < -0.4 is 0 Å². The summed E-state index contributed by atoms with van der Waals surface area (Å²) in [6, 6.07) is 13.5. The molecule has 138 valence electrons. The molecule has 28 heavy (non-hydrogen) atoms. The van der Waals surface area contributed by atoms with Crippen LogP contribution in [0.5, 0.6) is 0 Å². The highest BCUT2D eigenvalue weighted by atomic mass is 35.5. The third-order valence-electron chi connectivity index (χ3n) is 5.03. The lowest BCUT2D eigenvalue weighted by molar-refractivity contribution is 0.0962. The van der Waals surface area contributed by atoms with Gasteiger partial charge in [-0.05, 0) is 54.3 Å². The number of halogens is 2. The molecule has 0 unspecified atom stereocenters. The first-order valence-electron chi connectivity index (χ1n) is 8.88. The van der Waals surface area contributed by atoms with E-state index in [0.29, 0.717) is 40.7 Å². The molecule has 5 nitrogen and oxygen atoms in total. The van der Waals surface area contributed by atoms with E-state index in [1.165, 1.54) is 12.1 Å². The maximum atomic E-state index is 13.2. The van der Waals surface area contributed by atoms with E-state index in [1.54, 1.807) is 35.0 Å². The molecule has 0 saturated heterocycles. The van der Waals surface area contributed by atoms with E-state index in [0.717, 1.165) is 11.1 Å². The monoisotopic (exact) mass is 392 g/mol. The summed E-state index contributed by atoms with van der Waals surface area (Å²) in [7, 11) is 0. The maximum absolute atomic E-state index is 13.2. The van der Waals surface area contributed by atoms with Crippen molar-refractivity contribution in [3.05, 3.63) is 82.4 Å². The quantitative estimate of drug-likeness (QED) is 0.504. The molecule has 0 saturated carbocycles. The number of benzene rings is 2. The largest absolute Gasteiger partial charge is 0.294 e. The Morgan fingerprint density at radius 2 is 1.75 bits per heavy atom. The van der Waals surface area contributed by atoms with E-state index in [1.807, 2.05) is 12.1 Å². The van der Waals surface area contributed by atoms with Gasteiger partial charge in [-0.1, -0.05) is 23.7 Å². The van der Waals surface area contributed by atoms with E-state index in [2.05, 4.69) is 15.1 Å². The van der Waals surface area contributed by atoms with E-state index in [4.69, 9.17) is 11.6 Å². The Labute approximate surface area is 164 Å². The lowest BCUT2D eigenvalue weighted by Gasteiger charge is -2.23. The molecule has 5 rings (SSSR count). The Balaban J connectivity index is 1.53. The van der Waals surface area contributed by atoms with Gasteiger partial charge in [0.05, 0.1) is 11.3 Å². The van der Waals surface area contributed by atoms with Crippen LogP contribution in [-0.2, 0) is 6.42 Å². The fraction of sp³-hybridized carbons (Fsp3) is 0.143. The van der Waals surface area contributed by atoms with E-state index in [-0.39, 0.29) is 17.5 Å². The summed E-state index contributed by atoms with van der Waals surface area (Å²) in [6.07, 6.45) is 2.67. The molecular weight excluding hydrogens is 379 g/mol. The number of rotatable bonds is 2. The molecule has 4 aromatic rings. The van der Waals surface area contributed by atoms with Crippen molar-refractivity contribution >= 4 is 23.2 Å². The molecule has 1 aliphatic rings. The smallest absolute Gasteiger partial charge is 0.252 e. The summed E-state index contributed by atoms with van der Waals surface area (Å²) >= 11 is 5.94. The second kappa shape index (κ2) is 6.49. The molecule has 0 amide bonds. The number of carbonyl (C=O) groups is 1. The average molecular weight is 393 g/mol. The zero-order valence-electron chi connectivity index (χ0n) is 14.6. The molecule has 0 bridgehead atoms. The lowest BCUT2D eigenvalue weighted by atomic mass is 9.82. The van der Waals surface area contributed by atoms with Gasteiger partial charge in [0.1, 0.15) is 5.82 Å². The van der Waals surface area contributed by atoms with Gasteiger partial charge >= 0.3 is 0 Å². The zero-order valence-corrected chi connectivity index (χ0v) is 15.4. The SMILES string of the molecule is O=C1C[C@@H](c2ccc(F)cc2)Cc2nc3nc(-c4ccc(Cl)cc4)nn3cc21. The van der Waals surface area contributed by atoms with Crippen LogP contribution in [-0.4, -0.2) is 25.4 Å². The Hall–Kier alpha value is -3.12. The number of ketones is 1. The molecule has 2 aromatic heterocycles. The molecule has 1 aliphatic carbocycles. The second-order valence-electron chi connectivity index (χ2n) is 6.87. The number of Topliss-reactive ketones (excluding diaryl/α,β-unsaturated/α-hetero) is 1. The van der Waals surface area contributed by atoms with Crippen molar-refractivity contribution < 1.29 is 9.18 Å². The van der Waals surface area contributed by atoms with Gasteiger partial charge in [-0.25, -0.2) is 13.9 Å². The molecule has 2 heterocycles. The van der Waals surface area contributed by atoms with Crippen molar-refractivity contribution in [1.82, 2.24) is 19.6 Å². The normalized spacial score (nSPS) is 16.4. The third-order valence-corrected chi connectivity index (χ3v) is 5.28. The molecular formula is C21H14ClFN4O. The minimum Gasteiger partial charge on any atom is -0.294 e. The van der Waals surface area contributed by atoms with Crippen molar-refractivity contribution in [2.24, 2.45) is 0 Å². The Bertz CT molecular complexity index is 1200. The van der Waals surface area contributed by atoms with Crippen LogP contribution in [0.4, 0.5) is 4.39 Å². The first-order chi connectivity index (χ1) is 13.6. The summed E-state index contributed by atoms with van der Waals surface area (Å²) in [5, 5.41) is 5.09. The van der Waals surface area contributed by atoms with Crippen molar-refractivity contribution in [2.45, 2.75) is 18.8 Å². The highest BCUT2D eigenvalue weighted by Gasteiger charge is 2.28. The Morgan fingerprint density at radius 3 is 2.50 bits per heavy atom. The number of hydrogen-bond donors (Lipinski definition) is 0. The molecule has 2 aromatic carbocycles. The molecule has 1 atom stereocenters. The summed E-state index contributed by atoms with van der Waals surface area (Å²) in [6.45, 7) is 0. The number of carbonyl (C=O) groups excluding carboxylic acids is 1. The summed E-state index contributed by atoms with van der Waals surface area (Å²) in [5.74, 6) is 0.664. The minimum absolute atomic E-state index is 0.00789. The Kier molecular flexibility index (Phi) is 3.94. The van der Waals surface area contributed by atoms with Gasteiger partial charge in [-0.15, -0.1) is 5.10 Å². The third kappa shape index (κ3) is 2.96. The van der Waals surface area contributed by atoms with Crippen molar-refractivity contribution in [3.63, 3.8) is 0 Å². The fourth-order valence-corrected chi connectivity index (χ4v) is 3.70. The molecule has 0 aliphatic heterocycles. The van der Waals surface area contributed by atoms with Gasteiger partial charge in [0, 0.05) is 23.2 Å². The van der Waals surface area contributed by atoms with Crippen LogP contribution in [0.25, 0.3) is 17.2 Å². The van der Waals surface area contributed by atoms with Gasteiger partial charge < -0.3 is 0 Å². The van der Waals surface area contributed by atoms with E-state index in [9.17, 15) is 9.18 Å². The van der Waals surface area contributed by atoms with Gasteiger partial charge in [0.15, 0.2) is 11.6 Å². The van der Waals surface area contributed by atoms with Crippen LogP contribution in [0.3, 0.4) is 0 Å². The molecule has 7 heteroatoms. The number of fused-ring (bicyclic) bond motifs is 2. The van der Waals surface area contributed by atoms with Gasteiger partial charge in [-0.3, -0.25) is 4.79 Å². The lowest BCUT2D eigenvalue weighted by Crippen LogP contribution is -2.21. The van der Waals surface area contributed by atoms with Crippen molar-refractivity contribution in [1.29, 1.82) is 0 Å². The zero-order chi connectivity index (χ0) is 19.3. The molecule has 0 radical (unpaired) electrons. The standard InChI is InChI=1S/C21H14ClFN4O/c22-15-5-1-13(2-6-15)20-25-21-24-18-9-14(12-3-7-16(23)8-4-12)10-19(28)17(18)11-27(21)26-20/h1-8,11,14H,9-10H2/t14-/m0/s1. The van der Waals surface area contributed by atoms with Gasteiger partial charge in [0.25, 0.3) is 5.78 Å². The summed E-state index contributed by atoms with van der Waals surface area (Å²) in [4.78, 5) is 21.8. The second-order valence-corrected chi connectivity index (χ2v) is 7.30. The number of nitrogens with zero attached hydrogens (tertiary/aromatic N) is 4. The maximum Gasteiger partial charge on any atom is 0.252 e. The fourth-order valence-electron chi connectivity index (χ4n) is 3.58. The van der Waals surface area contributed by atoms with Crippen molar-refractivity contribution in [3.8, 4) is 11.4 Å². The average Bonchev–Trinajstić information content (AvgIpc) is 3.10. The minimum atomic E-state index is -0.288. The van der Waals surface area contributed by atoms with Gasteiger partial charge in [0.2, 0.25) is 0 Å². The molecule has 0 fully saturated rings. The Morgan fingerprint density at radius 1 is 1.00 bits per heavy atom. The predicted molar refractivity (Wildman–Crippen MR) is 103 cm³/mol. The highest BCUT2D eigenvalue weighted by molar-refractivity contribution is 6.30.